The van der Waals surface area contributed by atoms with Crippen LogP contribution in [0.1, 0.15) is 66.5 Å². The summed E-state index contributed by atoms with van der Waals surface area (Å²) in [5.74, 6) is -0.284. The maximum atomic E-state index is 15.5. The summed E-state index contributed by atoms with van der Waals surface area (Å²) in [4.78, 5) is 28.2. The van der Waals surface area contributed by atoms with Crippen molar-refractivity contribution < 1.29 is 27.8 Å². The lowest BCUT2D eigenvalue weighted by molar-refractivity contribution is -0.124. The zero-order valence-electron chi connectivity index (χ0n) is 22.7. The van der Waals surface area contributed by atoms with Crippen LogP contribution >= 0.6 is 0 Å². The SMILES string of the molecule is C=C(/C(F)=C\c1nc2n(c1C)[C@@H]1C[C@H]2N(C(=O)C2CNC2)c2cccc(OC(F)F)c21)c1cnc(C(C)(C)O)nc1. The highest BCUT2D eigenvalue weighted by molar-refractivity contribution is 5.98. The fourth-order valence-corrected chi connectivity index (χ4v) is 5.73. The summed E-state index contributed by atoms with van der Waals surface area (Å²) in [7, 11) is 0. The van der Waals surface area contributed by atoms with Crippen LogP contribution in [0.5, 0.6) is 5.75 Å². The molecule has 214 valence electrons. The second kappa shape index (κ2) is 9.81. The number of carbonyl (C=O) groups is 1. The minimum Gasteiger partial charge on any atom is -0.434 e. The number of carbonyl (C=O) groups excluding carboxylic acids is 1. The Kier molecular flexibility index (Phi) is 6.50. The molecule has 2 N–H and O–H groups in total. The van der Waals surface area contributed by atoms with Crippen LogP contribution in [-0.4, -0.2) is 50.2 Å². The Morgan fingerprint density at radius 2 is 1.95 bits per heavy atom. The van der Waals surface area contributed by atoms with E-state index in [9.17, 15) is 18.7 Å². The number of nitrogens with zero attached hydrogens (tertiary/aromatic N) is 5. The van der Waals surface area contributed by atoms with Gasteiger partial charge < -0.3 is 24.6 Å². The molecule has 1 amide bonds. The van der Waals surface area contributed by atoms with E-state index in [1.807, 2.05) is 4.57 Å². The van der Waals surface area contributed by atoms with E-state index in [4.69, 9.17) is 9.72 Å². The Morgan fingerprint density at radius 1 is 1.24 bits per heavy atom. The number of imidazole rings is 1. The maximum absolute atomic E-state index is 15.5. The largest absolute Gasteiger partial charge is 0.434 e. The van der Waals surface area contributed by atoms with E-state index in [1.165, 1.54) is 24.5 Å². The number of benzene rings is 1. The molecule has 0 radical (unpaired) electrons. The van der Waals surface area contributed by atoms with Gasteiger partial charge in [-0.05, 0) is 32.9 Å². The van der Waals surface area contributed by atoms with Crippen LogP contribution in [0.25, 0.3) is 11.6 Å². The van der Waals surface area contributed by atoms with Gasteiger partial charge >= 0.3 is 6.61 Å². The first-order chi connectivity index (χ1) is 19.5. The molecule has 2 bridgehead atoms. The molecular formula is C29H29F3N6O3. The van der Waals surface area contributed by atoms with Crippen molar-refractivity contribution in [2.24, 2.45) is 5.92 Å². The smallest absolute Gasteiger partial charge is 0.387 e. The molecule has 0 spiro atoms. The van der Waals surface area contributed by atoms with Gasteiger partial charge in [0.15, 0.2) is 5.82 Å². The van der Waals surface area contributed by atoms with Crippen LogP contribution in [0.4, 0.5) is 18.9 Å². The summed E-state index contributed by atoms with van der Waals surface area (Å²) in [6.45, 7) is 6.73. The number of alkyl halides is 2. The zero-order chi connectivity index (χ0) is 29.2. The van der Waals surface area contributed by atoms with Crippen LogP contribution in [0.2, 0.25) is 0 Å². The summed E-state index contributed by atoms with van der Waals surface area (Å²) in [5.41, 5.74) is 1.07. The third kappa shape index (κ3) is 4.51. The average Bonchev–Trinajstić information content (AvgIpc) is 3.36. The van der Waals surface area contributed by atoms with E-state index in [-0.39, 0.29) is 29.0 Å². The fraction of sp³-hybridized carbons (Fsp3) is 0.379. The van der Waals surface area contributed by atoms with E-state index >= 15 is 4.39 Å². The van der Waals surface area contributed by atoms with Crippen LogP contribution < -0.4 is 15.0 Å². The molecular weight excluding hydrogens is 537 g/mol. The number of fused-ring (bicyclic) bond motifs is 2. The Labute approximate surface area is 234 Å². The predicted molar refractivity (Wildman–Crippen MR) is 145 cm³/mol. The molecule has 5 heterocycles. The Balaban J connectivity index is 1.40. The summed E-state index contributed by atoms with van der Waals surface area (Å²) in [6.07, 6.45) is 4.48. The first kappa shape index (κ1) is 27.2. The molecule has 6 rings (SSSR count). The van der Waals surface area contributed by atoms with Gasteiger partial charge in [-0.2, -0.15) is 8.78 Å². The van der Waals surface area contributed by atoms with Gasteiger partial charge in [-0.3, -0.25) is 4.79 Å². The number of hydrogen-bond acceptors (Lipinski definition) is 7. The molecule has 3 aliphatic rings. The molecule has 3 aromatic rings. The lowest BCUT2D eigenvalue weighted by Crippen LogP contribution is -2.53. The highest BCUT2D eigenvalue weighted by atomic mass is 19.3. The average molecular weight is 567 g/mol. The minimum absolute atomic E-state index is 0.00223. The van der Waals surface area contributed by atoms with E-state index in [0.717, 1.165) is 0 Å². The van der Waals surface area contributed by atoms with Gasteiger partial charge in [0, 0.05) is 60.4 Å². The number of aliphatic hydroxyl groups is 1. The molecule has 0 aliphatic carbocycles. The number of ether oxygens (including phenoxy) is 1. The molecule has 9 nitrogen and oxygen atoms in total. The van der Waals surface area contributed by atoms with Gasteiger partial charge in [0.1, 0.15) is 23.0 Å². The van der Waals surface area contributed by atoms with Gasteiger partial charge in [0.05, 0.1) is 29.4 Å². The zero-order valence-corrected chi connectivity index (χ0v) is 22.7. The monoisotopic (exact) mass is 566 g/mol. The van der Waals surface area contributed by atoms with Gasteiger partial charge in [0.2, 0.25) is 5.91 Å². The van der Waals surface area contributed by atoms with Crippen molar-refractivity contribution >= 4 is 23.2 Å². The normalized spacial score (nSPS) is 20.1. The van der Waals surface area contributed by atoms with Crippen molar-refractivity contribution in [3.8, 4) is 5.75 Å². The topological polar surface area (TPSA) is 105 Å². The van der Waals surface area contributed by atoms with Gasteiger partial charge in [0.25, 0.3) is 0 Å². The summed E-state index contributed by atoms with van der Waals surface area (Å²) >= 11 is 0. The summed E-state index contributed by atoms with van der Waals surface area (Å²) < 4.78 is 49.0. The lowest BCUT2D eigenvalue weighted by Gasteiger charge is -2.39. The summed E-state index contributed by atoms with van der Waals surface area (Å²) in [6, 6.07) is 3.94. The molecule has 2 atom stereocenters. The number of nitrogens with one attached hydrogen (secondary N) is 1. The quantitative estimate of drug-likeness (QED) is 0.408. The number of amides is 1. The van der Waals surface area contributed by atoms with Gasteiger partial charge in [-0.25, -0.2) is 19.3 Å². The molecule has 41 heavy (non-hydrogen) atoms. The number of rotatable bonds is 7. The van der Waals surface area contributed by atoms with Gasteiger partial charge in [-0.15, -0.1) is 0 Å². The number of anilines is 1. The molecule has 3 aliphatic heterocycles. The number of halogens is 3. The van der Waals surface area contributed by atoms with Crippen LogP contribution in [0.15, 0.2) is 43.0 Å². The highest BCUT2D eigenvalue weighted by Crippen LogP contribution is 2.55. The molecule has 1 aromatic carbocycles. The Hall–Kier alpha value is -4.03. The number of aromatic nitrogens is 4. The van der Waals surface area contributed by atoms with Crippen LogP contribution in [0, 0.1) is 12.8 Å². The van der Waals surface area contributed by atoms with E-state index in [2.05, 4.69) is 21.9 Å². The number of allylic oxidation sites excluding steroid dienone is 2. The van der Waals surface area contributed by atoms with Crippen molar-refractivity contribution in [1.29, 1.82) is 0 Å². The minimum atomic E-state index is -3.04. The second-order valence-corrected chi connectivity index (χ2v) is 11.0. The highest BCUT2D eigenvalue weighted by Gasteiger charge is 2.49. The molecule has 1 fully saturated rings. The predicted octanol–water partition coefficient (Wildman–Crippen LogP) is 4.43. The summed E-state index contributed by atoms with van der Waals surface area (Å²) in [5, 5.41) is 13.2. The standard InChI is InChI=1S/C29H29F3N6O3/c1-14(16-12-34-27(35-13-16)29(3,4)40)18(30)8-19-15(2)37-21-9-22(25(37)36-19)38(26(39)17-10-33-11-17)20-6-5-7-23(24(20)21)41-28(31)32/h5-8,12-13,17,21-22,28,33,40H,1,9-11H2,2-4H3/b18-8+/t21-,22-/m1/s1. The first-order valence-electron chi connectivity index (χ1n) is 13.3. The lowest BCUT2D eigenvalue weighted by atomic mass is 9.90. The first-order valence-corrected chi connectivity index (χ1v) is 13.3. The van der Waals surface area contributed by atoms with Crippen molar-refractivity contribution in [2.75, 3.05) is 18.0 Å². The van der Waals surface area contributed by atoms with Gasteiger partial charge in [-0.1, -0.05) is 12.6 Å². The Morgan fingerprint density at radius 3 is 2.56 bits per heavy atom. The van der Waals surface area contributed by atoms with Crippen molar-refractivity contribution in [1.82, 2.24) is 24.8 Å². The molecule has 0 unspecified atom stereocenters. The molecule has 1 saturated heterocycles. The third-order valence-corrected chi connectivity index (χ3v) is 7.90. The Bertz CT molecular complexity index is 1570. The van der Waals surface area contributed by atoms with Crippen molar-refractivity contribution in [2.45, 2.75) is 51.5 Å². The van der Waals surface area contributed by atoms with E-state index in [0.29, 0.717) is 53.5 Å². The number of hydrogen-bond donors (Lipinski definition) is 2. The second-order valence-electron chi connectivity index (χ2n) is 11.0. The fourth-order valence-electron chi connectivity index (χ4n) is 5.73. The van der Waals surface area contributed by atoms with Crippen LogP contribution in [-0.2, 0) is 10.4 Å². The van der Waals surface area contributed by atoms with Crippen LogP contribution in [0.3, 0.4) is 0 Å². The van der Waals surface area contributed by atoms with E-state index in [1.54, 1.807) is 37.8 Å². The molecule has 12 heteroatoms. The van der Waals surface area contributed by atoms with E-state index < -0.39 is 30.1 Å². The maximum Gasteiger partial charge on any atom is 0.387 e. The third-order valence-electron chi connectivity index (χ3n) is 7.90. The van der Waals surface area contributed by atoms with Crippen molar-refractivity contribution in [3.63, 3.8) is 0 Å². The molecule has 2 aromatic heterocycles. The van der Waals surface area contributed by atoms with Crippen molar-refractivity contribution in [3.05, 3.63) is 77.2 Å². The molecule has 0 saturated carbocycles.